The van der Waals surface area contributed by atoms with E-state index >= 15 is 0 Å². The van der Waals surface area contributed by atoms with Gasteiger partial charge in [-0.15, -0.1) is 0 Å². The van der Waals surface area contributed by atoms with Crippen LogP contribution in [-0.4, -0.2) is 12.5 Å². The molecule has 0 saturated heterocycles. The number of furan rings is 1. The van der Waals surface area contributed by atoms with Crippen LogP contribution in [0.5, 0.6) is 0 Å². The maximum absolute atomic E-state index is 11.8. The summed E-state index contributed by atoms with van der Waals surface area (Å²) in [5.41, 5.74) is 0. The lowest BCUT2D eigenvalue weighted by atomic mass is 10.1. The number of unbranched alkanes of at least 4 members (excludes halogenated alkanes) is 11. The van der Waals surface area contributed by atoms with Crippen LogP contribution in [0.2, 0.25) is 0 Å². The second-order valence-electron chi connectivity index (χ2n) is 6.56. The summed E-state index contributed by atoms with van der Waals surface area (Å²) in [4.78, 5) is 11.8. The highest BCUT2D eigenvalue weighted by Crippen LogP contribution is 2.12. The molecule has 1 aromatic rings. The van der Waals surface area contributed by atoms with Gasteiger partial charge in [-0.3, -0.25) is 4.79 Å². The maximum Gasteiger partial charge on any atom is 0.286 e. The van der Waals surface area contributed by atoms with Gasteiger partial charge in [0, 0.05) is 6.54 Å². The summed E-state index contributed by atoms with van der Waals surface area (Å²) in [6, 6.07) is 3.55. The Kier molecular flexibility index (Phi) is 11.4. The largest absolute Gasteiger partial charge is 0.456 e. The van der Waals surface area contributed by atoms with Gasteiger partial charge < -0.3 is 9.73 Å². The van der Waals surface area contributed by atoms with Crippen LogP contribution in [0.25, 0.3) is 0 Å². The molecule has 0 atom stereocenters. The first-order valence-electron chi connectivity index (χ1n) is 9.58. The molecule has 1 N–H and O–H groups in total. The summed E-state index contributed by atoms with van der Waals surface area (Å²) >= 11 is 0. The normalized spacial score (nSPS) is 10.9. The van der Waals surface area contributed by atoms with Crippen LogP contribution in [-0.2, 0) is 0 Å². The van der Waals surface area contributed by atoms with Gasteiger partial charge in [-0.2, -0.15) is 0 Å². The summed E-state index contributed by atoms with van der Waals surface area (Å²) in [7, 11) is 0. The van der Waals surface area contributed by atoms with Crippen LogP contribution in [0.4, 0.5) is 0 Å². The molecule has 1 aromatic heterocycles. The quantitative estimate of drug-likeness (QED) is 0.426. The second kappa shape index (κ2) is 13.2. The standard InChI is InChI=1S/C20H35NO2/c1-3-4-5-6-7-8-9-10-11-12-13-14-17-21-20(22)19-16-15-18(2)23-19/h15-16H,3-14,17H2,1-2H3,(H,21,22). The molecule has 132 valence electrons. The van der Waals surface area contributed by atoms with Crippen molar-refractivity contribution < 1.29 is 9.21 Å². The molecule has 1 amide bonds. The van der Waals surface area contributed by atoms with Crippen molar-refractivity contribution in [1.29, 1.82) is 0 Å². The monoisotopic (exact) mass is 321 g/mol. The van der Waals surface area contributed by atoms with Gasteiger partial charge >= 0.3 is 0 Å². The fourth-order valence-electron chi connectivity index (χ4n) is 2.81. The Morgan fingerprint density at radius 2 is 1.39 bits per heavy atom. The molecule has 0 saturated carbocycles. The molecule has 0 radical (unpaired) electrons. The van der Waals surface area contributed by atoms with Crippen LogP contribution < -0.4 is 5.32 Å². The van der Waals surface area contributed by atoms with Crippen LogP contribution in [0.1, 0.15) is 100 Å². The number of aryl methyl sites for hydroxylation is 1. The fourth-order valence-corrected chi connectivity index (χ4v) is 2.81. The van der Waals surface area contributed by atoms with E-state index in [1.54, 1.807) is 6.07 Å². The zero-order valence-electron chi connectivity index (χ0n) is 15.2. The minimum atomic E-state index is -0.0961. The molecule has 3 heteroatoms. The Labute approximate surface area is 142 Å². The highest BCUT2D eigenvalue weighted by molar-refractivity contribution is 5.91. The molecule has 0 unspecified atom stereocenters. The summed E-state index contributed by atoms with van der Waals surface area (Å²) in [6.45, 7) is 4.86. The lowest BCUT2D eigenvalue weighted by Gasteiger charge is -2.04. The number of nitrogens with one attached hydrogen (secondary N) is 1. The Bertz CT molecular complexity index is 412. The van der Waals surface area contributed by atoms with Crippen molar-refractivity contribution in [2.45, 2.75) is 90.9 Å². The molecule has 0 aromatic carbocycles. The number of carbonyl (C=O) groups is 1. The van der Waals surface area contributed by atoms with E-state index in [1.165, 1.54) is 70.6 Å². The van der Waals surface area contributed by atoms with Crippen LogP contribution in [0.15, 0.2) is 16.5 Å². The molecule has 1 heterocycles. The van der Waals surface area contributed by atoms with Gasteiger partial charge in [0.1, 0.15) is 5.76 Å². The van der Waals surface area contributed by atoms with Gasteiger partial charge in [-0.05, 0) is 25.5 Å². The molecule has 3 nitrogen and oxygen atoms in total. The van der Waals surface area contributed by atoms with E-state index in [9.17, 15) is 4.79 Å². The number of hydrogen-bond donors (Lipinski definition) is 1. The lowest BCUT2D eigenvalue weighted by molar-refractivity contribution is 0.0924. The lowest BCUT2D eigenvalue weighted by Crippen LogP contribution is -2.23. The zero-order valence-corrected chi connectivity index (χ0v) is 15.2. The molecular weight excluding hydrogens is 286 g/mol. The van der Waals surface area contributed by atoms with Crippen molar-refractivity contribution in [2.24, 2.45) is 0 Å². The van der Waals surface area contributed by atoms with E-state index in [4.69, 9.17) is 4.42 Å². The Morgan fingerprint density at radius 3 is 1.87 bits per heavy atom. The van der Waals surface area contributed by atoms with Gasteiger partial charge in [-0.1, -0.05) is 77.6 Å². The molecule has 0 aliphatic carbocycles. The predicted molar refractivity (Wildman–Crippen MR) is 96.9 cm³/mol. The van der Waals surface area contributed by atoms with E-state index < -0.39 is 0 Å². The summed E-state index contributed by atoms with van der Waals surface area (Å²) in [5.74, 6) is 1.10. The van der Waals surface area contributed by atoms with E-state index in [2.05, 4.69) is 12.2 Å². The van der Waals surface area contributed by atoms with E-state index in [0.29, 0.717) is 5.76 Å². The van der Waals surface area contributed by atoms with E-state index in [-0.39, 0.29) is 5.91 Å². The topological polar surface area (TPSA) is 42.2 Å². The van der Waals surface area contributed by atoms with E-state index in [0.717, 1.165) is 18.7 Å². The van der Waals surface area contributed by atoms with Crippen molar-refractivity contribution in [3.05, 3.63) is 23.7 Å². The van der Waals surface area contributed by atoms with Gasteiger partial charge in [0.2, 0.25) is 0 Å². The highest BCUT2D eigenvalue weighted by Gasteiger charge is 2.08. The van der Waals surface area contributed by atoms with Crippen LogP contribution in [0.3, 0.4) is 0 Å². The van der Waals surface area contributed by atoms with Crippen molar-refractivity contribution in [3.8, 4) is 0 Å². The first kappa shape index (κ1) is 19.8. The third-order valence-corrected chi connectivity index (χ3v) is 4.28. The zero-order chi connectivity index (χ0) is 16.8. The predicted octanol–water partition coefficient (Wildman–Crippen LogP) is 6.02. The summed E-state index contributed by atoms with van der Waals surface area (Å²) in [6.07, 6.45) is 16.0. The number of amides is 1. The average Bonchev–Trinajstić information content (AvgIpc) is 2.98. The molecule has 1 rings (SSSR count). The molecule has 0 aliphatic heterocycles. The van der Waals surface area contributed by atoms with Gasteiger partial charge in [0.25, 0.3) is 5.91 Å². The third kappa shape index (κ3) is 10.2. The highest BCUT2D eigenvalue weighted by atomic mass is 16.3. The minimum Gasteiger partial charge on any atom is -0.456 e. The first-order chi connectivity index (χ1) is 11.2. The molecule has 0 aliphatic rings. The van der Waals surface area contributed by atoms with Crippen LogP contribution >= 0.6 is 0 Å². The number of rotatable bonds is 14. The third-order valence-electron chi connectivity index (χ3n) is 4.28. The van der Waals surface area contributed by atoms with E-state index in [1.807, 2.05) is 13.0 Å². The molecule has 23 heavy (non-hydrogen) atoms. The van der Waals surface area contributed by atoms with Gasteiger partial charge in [0.05, 0.1) is 0 Å². The Balaban J connectivity index is 1.82. The average molecular weight is 322 g/mol. The molecule has 0 fully saturated rings. The fraction of sp³-hybridized carbons (Fsp3) is 0.750. The van der Waals surface area contributed by atoms with Gasteiger partial charge in [0.15, 0.2) is 5.76 Å². The smallest absolute Gasteiger partial charge is 0.286 e. The second-order valence-corrected chi connectivity index (χ2v) is 6.56. The first-order valence-corrected chi connectivity index (χ1v) is 9.58. The summed E-state index contributed by atoms with van der Waals surface area (Å²) in [5, 5.41) is 2.92. The van der Waals surface area contributed by atoms with Gasteiger partial charge in [-0.25, -0.2) is 0 Å². The number of hydrogen-bond acceptors (Lipinski definition) is 2. The number of carbonyl (C=O) groups excluding carboxylic acids is 1. The summed E-state index contributed by atoms with van der Waals surface area (Å²) < 4.78 is 5.30. The maximum atomic E-state index is 11.8. The Hall–Kier alpha value is -1.25. The minimum absolute atomic E-state index is 0.0961. The van der Waals surface area contributed by atoms with Crippen molar-refractivity contribution >= 4 is 5.91 Å². The van der Waals surface area contributed by atoms with Crippen molar-refractivity contribution in [3.63, 3.8) is 0 Å². The molecule has 0 spiro atoms. The Morgan fingerprint density at radius 1 is 0.870 bits per heavy atom. The molecule has 0 bridgehead atoms. The SMILES string of the molecule is CCCCCCCCCCCCCCNC(=O)c1ccc(C)o1. The molecular formula is C20H35NO2. The van der Waals surface area contributed by atoms with Crippen molar-refractivity contribution in [2.75, 3.05) is 6.54 Å². The van der Waals surface area contributed by atoms with Crippen LogP contribution in [0, 0.1) is 6.92 Å². The van der Waals surface area contributed by atoms with Crippen molar-refractivity contribution in [1.82, 2.24) is 5.32 Å².